The van der Waals surface area contributed by atoms with Crippen LogP contribution in [-0.4, -0.2) is 157 Å². The molecule has 2 aromatic heterocycles. The number of phosphoric ester groups is 1. The summed E-state index contributed by atoms with van der Waals surface area (Å²) in [7, 11) is -16.3. The fourth-order valence-corrected chi connectivity index (χ4v) is 11.3. The number of thioether (sulfide) groups is 1. The molecule has 0 saturated carbocycles. The number of unbranched alkanes of at least 4 members (excludes halogenated alkanes) is 1. The molecule has 3 amide bonds. The number of carbonyl (C=O) groups is 2. The van der Waals surface area contributed by atoms with Crippen molar-refractivity contribution in [3.63, 3.8) is 0 Å². The van der Waals surface area contributed by atoms with E-state index in [0.29, 0.717) is 24.8 Å². The molecule has 3 aliphatic rings. The van der Waals surface area contributed by atoms with Crippen LogP contribution in [0.2, 0.25) is 0 Å². The molecule has 3 unspecified atom stereocenters. The normalized spacial score (nSPS) is 27.4. The highest BCUT2D eigenvalue weighted by Crippen LogP contribution is 2.66. The van der Waals surface area contributed by atoms with E-state index < -0.39 is 54.5 Å². The van der Waals surface area contributed by atoms with Gasteiger partial charge < -0.3 is 65.5 Å². The number of anilines is 1. The molecule has 5 rings (SSSR count). The minimum atomic E-state index is -5.72. The number of aromatic nitrogens is 4. The quantitative estimate of drug-likeness (QED) is 0.0303. The molecule has 0 aliphatic carbocycles. The van der Waals surface area contributed by atoms with E-state index in [-0.39, 0.29) is 80.6 Å². The summed E-state index contributed by atoms with van der Waals surface area (Å²) in [5.74, 6) is 0.885. The number of imidazole rings is 1. The number of nitrogens with two attached hydrogens (primary N) is 1. The highest BCUT2D eigenvalue weighted by Gasteiger charge is 2.47. The minimum Gasteiger partial charge on any atom is -0.387 e. The maximum Gasteiger partial charge on any atom is 0.489 e. The summed E-state index contributed by atoms with van der Waals surface area (Å²) in [6.07, 6.45) is -0.743. The molecule has 11 N–H and O–H groups in total. The first-order chi connectivity index (χ1) is 27.5. The van der Waals surface area contributed by atoms with Crippen molar-refractivity contribution in [2.24, 2.45) is 0 Å². The van der Waals surface area contributed by atoms with E-state index in [9.17, 15) is 48.2 Å². The number of carbonyl (C=O) groups excluding carboxylic acids is 2. The molecule has 0 spiro atoms. The first-order valence-electron chi connectivity index (χ1n) is 18.0. The van der Waals surface area contributed by atoms with Crippen LogP contribution in [0.5, 0.6) is 0 Å². The van der Waals surface area contributed by atoms with Crippen LogP contribution in [0.4, 0.5) is 10.6 Å². The Hall–Kier alpha value is -2.39. The van der Waals surface area contributed by atoms with Gasteiger partial charge in [-0.2, -0.15) is 20.4 Å². The second kappa shape index (κ2) is 21.4. The Morgan fingerprint density at radius 3 is 2.40 bits per heavy atom. The molecule has 10 atom stereocenters. The van der Waals surface area contributed by atoms with Crippen LogP contribution in [0.1, 0.15) is 31.9 Å². The van der Waals surface area contributed by atoms with Crippen LogP contribution in [-0.2, 0) is 50.6 Å². The van der Waals surface area contributed by atoms with E-state index in [1.165, 1.54) is 10.9 Å². The fourth-order valence-electron chi connectivity index (χ4n) is 6.08. The lowest BCUT2D eigenvalue weighted by atomic mass is 10.0. The topological polar surface area (TPSA) is 369 Å². The van der Waals surface area contributed by atoms with Crippen LogP contribution in [0.3, 0.4) is 0 Å². The van der Waals surface area contributed by atoms with Gasteiger partial charge in [0.15, 0.2) is 17.7 Å². The number of nitrogens with one attached hydrogen (secondary N) is 4. The largest absolute Gasteiger partial charge is 0.489 e. The van der Waals surface area contributed by atoms with Gasteiger partial charge in [0.2, 0.25) is 5.91 Å². The maximum absolute atomic E-state index is 12.4. The van der Waals surface area contributed by atoms with Crippen LogP contribution in [0.15, 0.2) is 12.7 Å². The molecule has 0 aromatic carbocycles. The number of fused-ring (bicyclic) bond motifs is 2. The Bertz CT molecular complexity index is 1840. The Kier molecular flexibility index (Phi) is 17.2. The fraction of sp³-hybridized carbons (Fsp3) is 0.750. The van der Waals surface area contributed by atoms with Crippen LogP contribution >= 0.6 is 35.2 Å². The summed E-state index contributed by atoms with van der Waals surface area (Å²) in [4.78, 5) is 65.1. The molecular weight excluding hydrogens is 859 g/mol. The molecule has 3 aliphatic heterocycles. The molecule has 0 bridgehead atoms. The number of hydrogen-bond acceptors (Lipinski definition) is 19. The Labute approximate surface area is 335 Å². The van der Waals surface area contributed by atoms with E-state index in [2.05, 4.69) is 44.0 Å². The second-order valence-electron chi connectivity index (χ2n) is 13.0. The SMILES string of the molecule is Nc1ncnc2c1ncn2[C@@H]1O[C@H](COP(=O)(O)OP(=O)(O)OP(=O)(O)NCCOCCOCCOCCNC(=O)CCCC[C@H]2SC[C@@H]3NC(=O)N[C@@H]32)[C@@H](O)[C@H]1O. The number of amides is 3. The van der Waals surface area contributed by atoms with E-state index in [0.717, 1.165) is 31.3 Å². The average Bonchev–Trinajstić information content (AvgIpc) is 3.90. The molecule has 30 heteroatoms. The molecule has 3 saturated heterocycles. The first-order valence-corrected chi connectivity index (χ1v) is 23.6. The van der Waals surface area contributed by atoms with Gasteiger partial charge in [-0.25, -0.2) is 38.5 Å². The number of phosphoric acid groups is 2. The monoisotopic (exact) mass is 907 g/mol. The first kappa shape index (κ1) is 46.7. The average molecular weight is 908 g/mol. The van der Waals surface area contributed by atoms with Crippen LogP contribution in [0.25, 0.3) is 11.2 Å². The van der Waals surface area contributed by atoms with Gasteiger partial charge in [-0.15, -0.1) is 0 Å². The van der Waals surface area contributed by atoms with Gasteiger partial charge in [0.05, 0.1) is 64.7 Å². The highest BCUT2D eigenvalue weighted by atomic mass is 32.2. The Balaban J connectivity index is 0.850. The van der Waals surface area contributed by atoms with E-state index in [1.807, 2.05) is 16.8 Å². The lowest BCUT2D eigenvalue weighted by Crippen LogP contribution is -2.36. The zero-order valence-electron chi connectivity index (χ0n) is 30.8. The van der Waals surface area contributed by atoms with Gasteiger partial charge in [0, 0.05) is 30.5 Å². The molecule has 328 valence electrons. The van der Waals surface area contributed by atoms with Gasteiger partial charge in [0.1, 0.15) is 30.2 Å². The third-order valence-corrected chi connectivity index (χ3v) is 14.7. The number of aliphatic hydroxyl groups is 2. The number of nitrogens with zero attached hydrogens (tertiary/aromatic N) is 4. The predicted octanol–water partition coefficient (Wildman–Crippen LogP) is -1.14. The van der Waals surface area contributed by atoms with Crippen molar-refractivity contribution < 1.29 is 80.3 Å². The summed E-state index contributed by atoms with van der Waals surface area (Å²) in [6.45, 7) is -0.115. The number of rotatable bonds is 26. The highest BCUT2D eigenvalue weighted by molar-refractivity contribution is 8.00. The predicted molar refractivity (Wildman–Crippen MR) is 201 cm³/mol. The molecule has 0 radical (unpaired) electrons. The lowest BCUT2D eigenvalue weighted by molar-refractivity contribution is -0.121. The lowest BCUT2D eigenvalue weighted by Gasteiger charge is -2.20. The van der Waals surface area contributed by atoms with E-state index in [4.69, 9.17) is 24.7 Å². The number of urea groups is 1. The maximum atomic E-state index is 12.4. The summed E-state index contributed by atoms with van der Waals surface area (Å²) >= 11 is 1.85. The van der Waals surface area contributed by atoms with Gasteiger partial charge in [-0.05, 0) is 12.8 Å². The second-order valence-corrected chi connectivity index (χ2v) is 19.1. The molecule has 26 nitrogen and oxygen atoms in total. The number of aliphatic hydroxyl groups excluding tert-OH is 2. The molecule has 58 heavy (non-hydrogen) atoms. The van der Waals surface area contributed by atoms with Crippen LogP contribution in [0, 0.1) is 0 Å². The molecular formula is C28H48N9O17P3S. The summed E-state index contributed by atoms with van der Waals surface area (Å²) < 4.78 is 72.6. The minimum absolute atomic E-state index is 0.0373. The van der Waals surface area contributed by atoms with E-state index >= 15 is 0 Å². The van der Waals surface area contributed by atoms with Gasteiger partial charge >= 0.3 is 29.4 Å². The Morgan fingerprint density at radius 1 is 0.948 bits per heavy atom. The number of nitrogen functional groups attached to an aromatic ring is 1. The van der Waals surface area contributed by atoms with Crippen molar-refractivity contribution in [1.29, 1.82) is 0 Å². The summed E-state index contributed by atoms with van der Waals surface area (Å²) in [5, 5.41) is 31.9. The zero-order chi connectivity index (χ0) is 41.9. The van der Waals surface area contributed by atoms with Crippen LogP contribution < -0.4 is 26.8 Å². The van der Waals surface area contributed by atoms with E-state index in [1.54, 1.807) is 0 Å². The number of ether oxygens (including phenoxy) is 4. The van der Waals surface area contributed by atoms with Crippen molar-refractivity contribution in [1.82, 2.24) is 40.6 Å². The van der Waals surface area contributed by atoms with Crippen molar-refractivity contribution in [2.45, 2.75) is 67.6 Å². The van der Waals surface area contributed by atoms with Crippen molar-refractivity contribution in [3.8, 4) is 0 Å². The van der Waals surface area contributed by atoms with Crippen molar-refractivity contribution in [2.75, 3.05) is 70.8 Å². The third kappa shape index (κ3) is 13.8. The van der Waals surface area contributed by atoms with Gasteiger partial charge in [0.25, 0.3) is 0 Å². The molecule has 3 fully saturated rings. The summed E-state index contributed by atoms with van der Waals surface area (Å²) in [6, 6.07) is 0.240. The van der Waals surface area contributed by atoms with Crippen molar-refractivity contribution >= 4 is 64.1 Å². The smallest absolute Gasteiger partial charge is 0.387 e. The number of hydrogen-bond donors (Lipinski definition) is 10. The van der Waals surface area contributed by atoms with Gasteiger partial charge in [-0.1, -0.05) is 6.42 Å². The summed E-state index contributed by atoms with van der Waals surface area (Å²) in [5.41, 5.74) is 6.08. The molecule has 5 heterocycles. The van der Waals surface area contributed by atoms with Gasteiger partial charge in [-0.3, -0.25) is 13.9 Å². The van der Waals surface area contributed by atoms with Crippen molar-refractivity contribution in [3.05, 3.63) is 12.7 Å². The Morgan fingerprint density at radius 2 is 1.66 bits per heavy atom. The third-order valence-electron chi connectivity index (χ3n) is 8.77. The zero-order valence-corrected chi connectivity index (χ0v) is 34.3. The standard InChI is InChI=1S/C28H48N9O17P3S/c29-25-22-26(32-15-31-25)37(16-33-22)27-24(40)23(39)18(52-27)13-51-56(44,45)54-57(46,47)53-55(42,43)34-6-8-49-10-12-50-11-9-48-7-5-30-20(38)4-2-1-3-19-21-17(14-58-19)35-28(41)36-21/h15-19,21,23-24,27,39-40H,1-14H2,(H,30,38)(H,44,45)(H,46,47)(H2,29,31,32)(H2,34,42,43)(H2,35,36,41)/t17-,18+,19+,21-,23+,24+,27+/m0/s1. The molecule has 2 aromatic rings.